The minimum Gasteiger partial charge on any atom is -0.462 e. The summed E-state index contributed by atoms with van der Waals surface area (Å²) in [4.78, 5) is 73.3. The van der Waals surface area contributed by atoms with E-state index in [0.717, 1.165) is 218 Å². The monoisotopic (exact) mass is 1580 g/mol. The molecule has 0 rings (SSSR count). The van der Waals surface area contributed by atoms with E-state index in [1.165, 1.54) is 38.5 Å². The quantitative estimate of drug-likeness (QED) is 0.0169. The number of rotatable bonds is 79. The van der Waals surface area contributed by atoms with Gasteiger partial charge in [-0.1, -0.05) is 295 Å². The second-order valence-corrected chi connectivity index (χ2v) is 30.9. The van der Waals surface area contributed by atoms with Gasteiger partial charge in [0.05, 0.1) is 26.4 Å². The molecule has 0 spiro atoms. The standard InChI is InChI=1S/C91H152O17P2/c1-5-9-13-17-21-25-29-33-37-40-42-45-48-51-55-59-63-67-71-75-88(93)101-81-86(107-90(95)77-73-69-65-61-57-53-47-36-32-28-24-20-16-12-8-4)83-105-109(97,98)103-79-85(92)80-104-110(99,100)106-84-87(108-91(96)78-74-70-66-62-58-54-50-44-39-35-31-27-23-19-15-11-7-3)82-102-89(94)76-72-68-64-60-56-52-49-46-43-41-38-34-30-26-22-18-14-10-6-2/h10-11,14-15,21-28,33-39,42-43,45-47,52,56,85-87,92H,5-9,12-13,16-20,29-32,40-41,44,48-51,53-55,57-84H2,1-4H3,(H,97,98)(H,99,100)/b14-10-,15-11-,25-21-,26-22-,27-23-,28-24-,37-33-,38-34-,39-35-,45-42-,46-43-,47-36-,56-52-. The van der Waals surface area contributed by atoms with E-state index in [1.54, 1.807) is 0 Å². The Bertz CT molecular complexity index is 2700. The number of hydrogen-bond donors (Lipinski definition) is 3. The van der Waals surface area contributed by atoms with Crippen LogP contribution >= 0.6 is 15.6 Å². The van der Waals surface area contributed by atoms with Gasteiger partial charge in [-0.3, -0.25) is 37.3 Å². The molecule has 5 atom stereocenters. The Balaban J connectivity index is 5.44. The summed E-state index contributed by atoms with van der Waals surface area (Å²) in [6.07, 6.45) is 96.2. The number of unbranched alkanes of at least 4 members (excludes halogenated alkanes) is 27. The van der Waals surface area contributed by atoms with Gasteiger partial charge in [-0.15, -0.1) is 0 Å². The second-order valence-electron chi connectivity index (χ2n) is 28.0. The van der Waals surface area contributed by atoms with E-state index in [2.05, 4.69) is 186 Å². The van der Waals surface area contributed by atoms with Gasteiger partial charge in [-0.2, -0.15) is 0 Å². The number of phosphoric ester groups is 2. The molecule has 0 saturated carbocycles. The van der Waals surface area contributed by atoms with Crippen molar-refractivity contribution >= 4 is 39.5 Å². The Kier molecular flexibility index (Phi) is 77.7. The number of hydrogen-bond acceptors (Lipinski definition) is 15. The number of allylic oxidation sites excluding steroid dienone is 26. The first kappa shape index (κ1) is 105. The van der Waals surface area contributed by atoms with Crippen LogP contribution in [-0.4, -0.2) is 96.7 Å². The van der Waals surface area contributed by atoms with E-state index in [0.29, 0.717) is 25.7 Å². The van der Waals surface area contributed by atoms with Crippen molar-refractivity contribution in [1.82, 2.24) is 0 Å². The Morgan fingerprint density at radius 2 is 0.473 bits per heavy atom. The number of phosphoric acid groups is 2. The fourth-order valence-corrected chi connectivity index (χ4v) is 12.6. The lowest BCUT2D eigenvalue weighted by Gasteiger charge is -2.21. The van der Waals surface area contributed by atoms with Gasteiger partial charge in [-0.05, 0) is 173 Å². The molecule has 0 aromatic carbocycles. The molecule has 0 aliphatic heterocycles. The molecule has 5 unspecified atom stereocenters. The Morgan fingerprint density at radius 3 is 0.736 bits per heavy atom. The molecule has 628 valence electrons. The van der Waals surface area contributed by atoms with E-state index >= 15 is 0 Å². The van der Waals surface area contributed by atoms with Crippen molar-refractivity contribution in [2.45, 2.75) is 354 Å². The highest BCUT2D eigenvalue weighted by molar-refractivity contribution is 7.47. The van der Waals surface area contributed by atoms with Gasteiger partial charge in [0.25, 0.3) is 0 Å². The molecule has 0 bridgehead atoms. The Hall–Kier alpha value is -5.32. The molecule has 0 amide bonds. The highest BCUT2D eigenvalue weighted by Gasteiger charge is 2.30. The molecule has 0 aliphatic rings. The second kappa shape index (κ2) is 81.7. The maximum Gasteiger partial charge on any atom is 0.472 e. The number of ether oxygens (including phenoxy) is 4. The molecule has 3 N–H and O–H groups in total. The van der Waals surface area contributed by atoms with Crippen LogP contribution in [0, 0.1) is 0 Å². The van der Waals surface area contributed by atoms with Crippen molar-refractivity contribution in [3.05, 3.63) is 158 Å². The molecular formula is C91H152O17P2. The highest BCUT2D eigenvalue weighted by Crippen LogP contribution is 2.45. The highest BCUT2D eigenvalue weighted by atomic mass is 31.2. The predicted octanol–water partition coefficient (Wildman–Crippen LogP) is 25.6. The molecule has 0 radical (unpaired) electrons. The van der Waals surface area contributed by atoms with E-state index in [4.69, 9.17) is 37.0 Å². The Labute approximate surface area is 668 Å². The summed E-state index contributed by atoms with van der Waals surface area (Å²) in [7, 11) is -10.00. The summed E-state index contributed by atoms with van der Waals surface area (Å²) in [5.41, 5.74) is 0. The molecule has 0 fully saturated rings. The van der Waals surface area contributed by atoms with Gasteiger partial charge >= 0.3 is 39.5 Å². The van der Waals surface area contributed by atoms with Gasteiger partial charge in [0.15, 0.2) is 12.2 Å². The molecule has 0 aliphatic carbocycles. The van der Waals surface area contributed by atoms with Crippen LogP contribution in [0.3, 0.4) is 0 Å². The first-order chi connectivity index (χ1) is 53.7. The lowest BCUT2D eigenvalue weighted by Crippen LogP contribution is -2.30. The molecule has 110 heavy (non-hydrogen) atoms. The van der Waals surface area contributed by atoms with E-state index in [1.807, 2.05) is 0 Å². The third-order valence-corrected chi connectivity index (χ3v) is 19.4. The van der Waals surface area contributed by atoms with Crippen molar-refractivity contribution in [2.75, 3.05) is 39.6 Å². The van der Waals surface area contributed by atoms with Crippen molar-refractivity contribution in [2.24, 2.45) is 0 Å². The molecule has 17 nitrogen and oxygen atoms in total. The lowest BCUT2D eigenvalue weighted by molar-refractivity contribution is -0.161. The van der Waals surface area contributed by atoms with Crippen molar-refractivity contribution in [1.29, 1.82) is 0 Å². The fourth-order valence-electron chi connectivity index (χ4n) is 11.0. The van der Waals surface area contributed by atoms with E-state index in [9.17, 15) is 43.2 Å². The minimum atomic E-state index is -5.00. The number of carbonyl (C=O) groups excluding carboxylic acids is 4. The fraction of sp³-hybridized carbons (Fsp3) is 0.670. The molecule has 0 saturated heterocycles. The third-order valence-electron chi connectivity index (χ3n) is 17.5. The van der Waals surface area contributed by atoms with Gasteiger partial charge in [0, 0.05) is 25.7 Å². The van der Waals surface area contributed by atoms with Crippen LogP contribution in [0.25, 0.3) is 0 Å². The van der Waals surface area contributed by atoms with Crippen LogP contribution in [0.2, 0.25) is 0 Å². The largest absolute Gasteiger partial charge is 0.472 e. The Morgan fingerprint density at radius 1 is 0.264 bits per heavy atom. The van der Waals surface area contributed by atoms with Crippen LogP contribution in [0.1, 0.15) is 336 Å². The van der Waals surface area contributed by atoms with Gasteiger partial charge in [0.2, 0.25) is 0 Å². The van der Waals surface area contributed by atoms with Crippen molar-refractivity contribution in [3.63, 3.8) is 0 Å². The SMILES string of the molecule is CC/C=C\C/C=C\C/C=C\C/C=C\C/C=C\CCCCCC(=O)OCC(COP(=O)(O)OCC(O)COP(=O)(O)OCC(COC(=O)CCCCCCCC/C=C\C/C=C\C/C=C\CCCCC)OC(=O)CCCCCCC/C=C\C/C=C\CCCCC)OC(=O)CCCCCCCCC/C=C\C/C=C\C/C=C\CC. The predicted molar refractivity (Wildman–Crippen MR) is 454 cm³/mol. The maximum atomic E-state index is 13.1. The zero-order valence-corrected chi connectivity index (χ0v) is 70.7. The number of esters is 4. The summed E-state index contributed by atoms with van der Waals surface area (Å²) in [6, 6.07) is 0. The van der Waals surface area contributed by atoms with Crippen LogP contribution in [0.15, 0.2) is 158 Å². The summed E-state index contributed by atoms with van der Waals surface area (Å²) >= 11 is 0. The zero-order chi connectivity index (χ0) is 80.3. The van der Waals surface area contributed by atoms with Crippen LogP contribution in [0.4, 0.5) is 0 Å². The number of aliphatic hydroxyl groups excluding tert-OH is 1. The van der Waals surface area contributed by atoms with E-state index in [-0.39, 0.29) is 25.7 Å². The third kappa shape index (κ3) is 80.7. The van der Waals surface area contributed by atoms with Crippen LogP contribution in [-0.2, 0) is 65.4 Å². The first-order valence-electron chi connectivity index (χ1n) is 42.7. The van der Waals surface area contributed by atoms with E-state index < -0.39 is 97.5 Å². The topological polar surface area (TPSA) is 237 Å². The normalized spacial score (nSPS) is 14.6. The van der Waals surface area contributed by atoms with Crippen LogP contribution in [0.5, 0.6) is 0 Å². The van der Waals surface area contributed by atoms with Gasteiger partial charge in [0.1, 0.15) is 19.3 Å². The maximum absolute atomic E-state index is 13.1. The summed E-state index contributed by atoms with van der Waals surface area (Å²) in [6.45, 7) is 4.54. The molecule has 0 aromatic rings. The van der Waals surface area contributed by atoms with Crippen molar-refractivity contribution < 1.29 is 80.2 Å². The lowest BCUT2D eigenvalue weighted by atomic mass is 10.1. The summed E-state index contributed by atoms with van der Waals surface area (Å²) < 4.78 is 68.8. The smallest absolute Gasteiger partial charge is 0.462 e. The molecule has 0 aromatic heterocycles. The average molecular weight is 1580 g/mol. The zero-order valence-electron chi connectivity index (χ0n) is 68.9. The number of carbonyl (C=O) groups is 4. The van der Waals surface area contributed by atoms with Gasteiger partial charge in [-0.25, -0.2) is 9.13 Å². The summed E-state index contributed by atoms with van der Waals surface area (Å²) in [5, 5.41) is 10.7. The number of aliphatic hydroxyl groups is 1. The summed E-state index contributed by atoms with van der Waals surface area (Å²) in [5.74, 6) is -2.25. The van der Waals surface area contributed by atoms with Gasteiger partial charge < -0.3 is 33.8 Å². The first-order valence-corrected chi connectivity index (χ1v) is 45.7. The molecule has 19 heteroatoms. The molecular weight excluding hydrogens is 1430 g/mol. The molecule has 0 heterocycles. The minimum absolute atomic E-state index is 0.0706. The van der Waals surface area contributed by atoms with Crippen LogP contribution < -0.4 is 0 Å². The van der Waals surface area contributed by atoms with Crippen molar-refractivity contribution in [3.8, 4) is 0 Å². The average Bonchev–Trinajstić information content (AvgIpc) is 0.906.